The molecule has 0 fully saturated rings. The molecule has 0 atom stereocenters. The van der Waals surface area contributed by atoms with Gasteiger partial charge in [0.15, 0.2) is 0 Å². The lowest BCUT2D eigenvalue weighted by Crippen LogP contribution is -2.52. The number of rotatable bonds is 3. The quantitative estimate of drug-likeness (QED) is 0.329. The molecule has 33 heavy (non-hydrogen) atoms. The SMILES string of the molecule is Cc1cc(B(c2ccc(C(F)(F)F)cc2)c2cc(C)cc(C(F)(F)F)c2)cc(C(F)(F)F)c1. The van der Waals surface area contributed by atoms with Crippen molar-refractivity contribution in [2.45, 2.75) is 32.4 Å². The Morgan fingerprint density at radius 3 is 1.15 bits per heavy atom. The predicted molar refractivity (Wildman–Crippen MR) is 108 cm³/mol. The van der Waals surface area contributed by atoms with Gasteiger partial charge >= 0.3 is 18.5 Å². The first-order chi connectivity index (χ1) is 15.1. The highest BCUT2D eigenvalue weighted by Gasteiger charge is 2.36. The molecule has 0 bridgehead atoms. The summed E-state index contributed by atoms with van der Waals surface area (Å²) in [5, 5.41) is 0. The van der Waals surface area contributed by atoms with Crippen LogP contribution in [-0.2, 0) is 18.5 Å². The van der Waals surface area contributed by atoms with Crippen LogP contribution in [0.15, 0.2) is 60.7 Å². The molecule has 0 heterocycles. The molecule has 0 spiro atoms. The van der Waals surface area contributed by atoms with Crippen LogP contribution in [0.4, 0.5) is 39.5 Å². The molecule has 3 aromatic carbocycles. The maximum absolute atomic E-state index is 13.4. The van der Waals surface area contributed by atoms with Crippen molar-refractivity contribution in [1.29, 1.82) is 0 Å². The van der Waals surface area contributed by atoms with Gasteiger partial charge in [0.05, 0.1) is 16.7 Å². The monoisotopic (exact) mass is 474 g/mol. The highest BCUT2D eigenvalue weighted by molar-refractivity contribution is 6.95. The van der Waals surface area contributed by atoms with Crippen LogP contribution in [0.2, 0.25) is 0 Å². The van der Waals surface area contributed by atoms with Gasteiger partial charge in [-0.3, -0.25) is 0 Å². The van der Waals surface area contributed by atoms with Crippen LogP contribution in [0, 0.1) is 13.8 Å². The van der Waals surface area contributed by atoms with E-state index in [1.165, 1.54) is 26.0 Å². The Morgan fingerprint density at radius 1 is 0.455 bits per heavy atom. The molecule has 3 rings (SSSR count). The van der Waals surface area contributed by atoms with E-state index in [-0.39, 0.29) is 27.5 Å². The van der Waals surface area contributed by atoms with Crippen molar-refractivity contribution < 1.29 is 39.5 Å². The molecule has 0 unspecified atom stereocenters. The molecule has 3 aromatic rings. The second-order valence-electron chi connectivity index (χ2n) is 7.81. The lowest BCUT2D eigenvalue weighted by molar-refractivity contribution is -0.138. The van der Waals surface area contributed by atoms with E-state index >= 15 is 0 Å². The highest BCUT2D eigenvalue weighted by Crippen LogP contribution is 2.31. The average Bonchev–Trinajstić information content (AvgIpc) is 2.66. The van der Waals surface area contributed by atoms with Gasteiger partial charge in [0.25, 0.3) is 0 Å². The molecule has 0 saturated carbocycles. The summed E-state index contributed by atoms with van der Waals surface area (Å²) in [5.41, 5.74) is -2.41. The van der Waals surface area contributed by atoms with Gasteiger partial charge in [-0.15, -0.1) is 0 Å². The summed E-state index contributed by atoms with van der Waals surface area (Å²) in [6.07, 6.45) is -14.1. The van der Waals surface area contributed by atoms with Crippen LogP contribution in [0.3, 0.4) is 0 Å². The van der Waals surface area contributed by atoms with Gasteiger partial charge in [0, 0.05) is 0 Å². The van der Waals surface area contributed by atoms with Crippen LogP contribution in [0.5, 0.6) is 0 Å². The van der Waals surface area contributed by atoms with E-state index in [0.717, 1.165) is 48.5 Å². The fraction of sp³-hybridized carbons (Fsp3) is 0.217. The van der Waals surface area contributed by atoms with Crippen LogP contribution < -0.4 is 16.4 Å². The van der Waals surface area contributed by atoms with E-state index in [1.54, 1.807) is 0 Å². The maximum Gasteiger partial charge on any atom is 0.416 e. The van der Waals surface area contributed by atoms with E-state index in [2.05, 4.69) is 0 Å². The van der Waals surface area contributed by atoms with Crippen molar-refractivity contribution in [3.63, 3.8) is 0 Å². The lowest BCUT2D eigenvalue weighted by Gasteiger charge is -2.20. The Labute approximate surface area is 184 Å². The zero-order chi connectivity index (χ0) is 24.8. The molecule has 0 aromatic heterocycles. The third-order valence-electron chi connectivity index (χ3n) is 5.09. The molecule has 0 amide bonds. The van der Waals surface area contributed by atoms with Crippen molar-refractivity contribution in [3.8, 4) is 0 Å². The highest BCUT2D eigenvalue weighted by atomic mass is 19.4. The van der Waals surface area contributed by atoms with Gasteiger partial charge in [-0.1, -0.05) is 76.0 Å². The van der Waals surface area contributed by atoms with Gasteiger partial charge in [-0.2, -0.15) is 39.5 Å². The maximum atomic E-state index is 13.4. The fourth-order valence-corrected chi connectivity index (χ4v) is 3.73. The molecule has 10 heteroatoms. The third kappa shape index (κ3) is 5.72. The Morgan fingerprint density at radius 2 is 0.818 bits per heavy atom. The lowest BCUT2D eigenvalue weighted by atomic mass is 9.36. The fourth-order valence-electron chi connectivity index (χ4n) is 3.73. The van der Waals surface area contributed by atoms with Crippen LogP contribution >= 0.6 is 0 Å². The normalized spacial score (nSPS) is 12.7. The van der Waals surface area contributed by atoms with Gasteiger partial charge in [0.2, 0.25) is 6.71 Å². The zero-order valence-corrected chi connectivity index (χ0v) is 17.3. The molecule has 0 radical (unpaired) electrons. The summed E-state index contributed by atoms with van der Waals surface area (Å²) < 4.78 is 119. The second kappa shape index (κ2) is 8.46. The molecular formula is C23H16BF9. The summed E-state index contributed by atoms with van der Waals surface area (Å²) in [6, 6.07) is 9.81. The molecular weight excluding hydrogens is 458 g/mol. The number of halogens is 9. The summed E-state index contributed by atoms with van der Waals surface area (Å²) >= 11 is 0. The minimum absolute atomic E-state index is 0.0146. The number of hydrogen-bond acceptors (Lipinski definition) is 0. The van der Waals surface area contributed by atoms with Gasteiger partial charge < -0.3 is 0 Å². The minimum atomic E-state index is -4.71. The Kier molecular flexibility index (Phi) is 6.34. The van der Waals surface area contributed by atoms with Gasteiger partial charge in [0.1, 0.15) is 0 Å². The molecule has 174 valence electrons. The van der Waals surface area contributed by atoms with Crippen molar-refractivity contribution in [1.82, 2.24) is 0 Å². The van der Waals surface area contributed by atoms with Crippen LogP contribution in [-0.4, -0.2) is 6.71 Å². The van der Waals surface area contributed by atoms with E-state index in [4.69, 9.17) is 0 Å². The van der Waals surface area contributed by atoms with Crippen molar-refractivity contribution >= 4 is 23.1 Å². The standard InChI is InChI=1S/C23H16BF9/c1-13-7-16(22(28,29)30)11-19(9-13)24(18-5-3-15(4-6-18)21(25,26)27)20-10-14(2)8-17(12-20)23(31,32)33/h3-12H,1-2H3. The van der Waals surface area contributed by atoms with E-state index in [0.29, 0.717) is 0 Å². The molecule has 0 saturated heterocycles. The predicted octanol–water partition coefficient (Wildman–Crippen LogP) is 5.88. The van der Waals surface area contributed by atoms with Crippen molar-refractivity contribution in [3.05, 3.63) is 88.5 Å². The summed E-state index contributed by atoms with van der Waals surface area (Å²) in [7, 11) is 0. The Balaban J connectivity index is 2.27. The molecule has 0 aliphatic rings. The molecule has 0 aliphatic heterocycles. The van der Waals surface area contributed by atoms with Crippen LogP contribution in [0.25, 0.3) is 0 Å². The summed E-state index contributed by atoms with van der Waals surface area (Å²) in [5.74, 6) is 0. The van der Waals surface area contributed by atoms with Gasteiger partial charge in [-0.05, 0) is 26.0 Å². The molecule has 0 aliphatic carbocycles. The Bertz CT molecular complexity index is 1080. The summed E-state index contributed by atoms with van der Waals surface area (Å²) in [4.78, 5) is 0. The zero-order valence-electron chi connectivity index (χ0n) is 17.3. The minimum Gasteiger partial charge on any atom is -0.166 e. The van der Waals surface area contributed by atoms with Crippen molar-refractivity contribution in [2.75, 3.05) is 0 Å². The number of aryl methyl sites for hydroxylation is 2. The largest absolute Gasteiger partial charge is 0.416 e. The van der Waals surface area contributed by atoms with Crippen molar-refractivity contribution in [2.24, 2.45) is 0 Å². The molecule has 0 nitrogen and oxygen atoms in total. The first-order valence-electron chi connectivity index (χ1n) is 9.60. The number of hydrogen-bond donors (Lipinski definition) is 0. The Hall–Kier alpha value is -2.91. The average molecular weight is 474 g/mol. The van der Waals surface area contributed by atoms with Crippen LogP contribution in [0.1, 0.15) is 27.8 Å². The first kappa shape index (κ1) is 24.7. The second-order valence-corrected chi connectivity index (χ2v) is 7.81. The van der Waals surface area contributed by atoms with E-state index < -0.39 is 41.9 Å². The topological polar surface area (TPSA) is 0 Å². The number of benzene rings is 3. The smallest absolute Gasteiger partial charge is 0.166 e. The van der Waals surface area contributed by atoms with Gasteiger partial charge in [-0.25, -0.2) is 0 Å². The summed E-state index contributed by atoms with van der Waals surface area (Å²) in [6.45, 7) is 1.65. The first-order valence-corrected chi connectivity index (χ1v) is 9.60. The van der Waals surface area contributed by atoms with E-state index in [9.17, 15) is 39.5 Å². The number of alkyl halides is 9. The molecule has 0 N–H and O–H groups in total. The van der Waals surface area contributed by atoms with E-state index in [1.807, 2.05) is 0 Å². The third-order valence-corrected chi connectivity index (χ3v) is 5.09.